The van der Waals surface area contributed by atoms with Gasteiger partial charge in [-0.2, -0.15) is 13.5 Å². The lowest BCUT2D eigenvalue weighted by atomic mass is 11.2. The molecule has 0 saturated heterocycles. The summed E-state index contributed by atoms with van der Waals surface area (Å²) in [6, 6.07) is 0. The Morgan fingerprint density at radius 2 is 0.429 bits per heavy atom. The van der Waals surface area contributed by atoms with Gasteiger partial charge < -0.3 is 0 Å². The van der Waals surface area contributed by atoms with Crippen LogP contribution in [-0.2, 0) is 0 Å². The van der Waals surface area contributed by atoms with Gasteiger partial charge in [-0.25, -0.2) is 0 Å². The summed E-state index contributed by atoms with van der Waals surface area (Å²) < 4.78 is 36.1. The van der Waals surface area contributed by atoms with Gasteiger partial charge in [0.15, 0.2) is 22.5 Å². The third-order valence-electron chi connectivity index (χ3n) is 5.58. The molecule has 0 aliphatic rings. The zero-order valence-corrected chi connectivity index (χ0v) is 29.3. The third-order valence-corrected chi connectivity index (χ3v) is 21.3. The second-order valence-electron chi connectivity index (χ2n) is 10.1. The van der Waals surface area contributed by atoms with Gasteiger partial charge in [-0.05, 0) is 127 Å². The maximum atomic E-state index is 7.45. The number of nitrogens with zero attached hydrogens (tertiary/aromatic N) is 12. The van der Waals surface area contributed by atoms with Crippen molar-refractivity contribution in [3.63, 3.8) is 0 Å². The Balaban J connectivity index is 8.54. The first kappa shape index (κ1) is 35.6. The fourth-order valence-corrected chi connectivity index (χ4v) is 22.4. The topological polar surface area (TPSA) is 66.2 Å². The minimum Gasteiger partial charge on any atom is -0.252 e. The lowest BCUT2D eigenvalue weighted by molar-refractivity contribution is 0.472. The quantitative estimate of drug-likeness (QED) is 0.322. The maximum Gasteiger partial charge on any atom is 0.216 e. The highest BCUT2D eigenvalue weighted by atomic mass is 31.3. The van der Waals surface area contributed by atoms with E-state index in [1.807, 2.05) is 0 Å². The van der Waals surface area contributed by atoms with Gasteiger partial charge in [-0.1, -0.05) is 0 Å². The van der Waals surface area contributed by atoms with E-state index in [1.165, 1.54) is 0 Å². The van der Waals surface area contributed by atoms with Crippen LogP contribution in [0.25, 0.3) is 0 Å². The minimum absolute atomic E-state index is 2.06. The summed E-state index contributed by atoms with van der Waals surface area (Å²) >= 11 is 0. The molecule has 16 heteroatoms. The molecule has 1 radical (unpaired) electrons. The van der Waals surface area contributed by atoms with E-state index in [0.29, 0.717) is 0 Å². The Kier molecular flexibility index (Phi) is 13.4. The van der Waals surface area contributed by atoms with Crippen LogP contribution in [0, 0.1) is 0 Å². The smallest absolute Gasteiger partial charge is 0.216 e. The Morgan fingerprint density at radius 1 is 0.314 bits per heavy atom. The zero-order valence-electron chi connectivity index (χ0n) is 25.7. The van der Waals surface area contributed by atoms with Crippen LogP contribution in [0.1, 0.15) is 0 Å². The van der Waals surface area contributed by atoms with E-state index in [1.54, 1.807) is 0 Å². The van der Waals surface area contributed by atoms with Crippen LogP contribution in [0.4, 0.5) is 0 Å². The SMILES string of the molecule is [CH]=P(N=P(N(C)C)(N(C)C)N(C)C)(N=P(N(C)C)(N(C)C)N(C)C)N=P(N(C)C)(N(C)C)N(C)C. The highest BCUT2D eigenvalue weighted by Crippen LogP contribution is 2.76. The van der Waals surface area contributed by atoms with E-state index in [-0.39, 0.29) is 0 Å². The molecule has 0 unspecified atom stereocenters. The summed E-state index contributed by atoms with van der Waals surface area (Å²) in [4.78, 5) is 0. The van der Waals surface area contributed by atoms with Gasteiger partial charge in [0.2, 0.25) is 7.34 Å². The molecule has 0 N–H and O–H groups in total. The molecular formula is C19H55N12P4. The Hall–Kier alpha value is 0.630. The summed E-state index contributed by atoms with van der Waals surface area (Å²) in [5, 5.41) is 0. The highest BCUT2D eigenvalue weighted by molar-refractivity contribution is 7.84. The molecule has 211 valence electrons. The average Bonchev–Trinajstić information content (AvgIpc) is 2.66. The molecule has 0 aromatic heterocycles. The van der Waals surface area contributed by atoms with Gasteiger partial charge in [-0.15, -0.1) is 0 Å². The van der Waals surface area contributed by atoms with E-state index >= 15 is 0 Å². The fraction of sp³-hybridized carbons (Fsp3) is 0.947. The normalized spacial score (nSPS) is 14.7. The van der Waals surface area contributed by atoms with Gasteiger partial charge in [0.25, 0.3) is 0 Å². The first-order valence-corrected chi connectivity index (χ1v) is 17.8. The van der Waals surface area contributed by atoms with Crippen LogP contribution >= 0.6 is 29.9 Å². The molecule has 0 saturated carbocycles. The van der Waals surface area contributed by atoms with Gasteiger partial charge in [0.1, 0.15) is 0 Å². The first-order valence-electron chi connectivity index (χ1n) is 11.3. The van der Waals surface area contributed by atoms with E-state index < -0.39 is 29.9 Å². The van der Waals surface area contributed by atoms with Gasteiger partial charge in [-0.3, -0.25) is 42.0 Å². The van der Waals surface area contributed by atoms with Crippen LogP contribution in [0.5, 0.6) is 0 Å². The molecule has 0 aromatic carbocycles. The molecule has 0 fully saturated rings. The summed E-state index contributed by atoms with van der Waals surface area (Å²) in [5.41, 5.74) is 0. The average molecular weight is 576 g/mol. The van der Waals surface area contributed by atoms with E-state index in [9.17, 15) is 0 Å². The molecule has 0 amide bonds. The number of hydrogen-bond acceptors (Lipinski definition) is 3. The lowest BCUT2D eigenvalue weighted by Gasteiger charge is -2.46. The predicted molar refractivity (Wildman–Crippen MR) is 164 cm³/mol. The van der Waals surface area contributed by atoms with Crippen LogP contribution < -0.4 is 0 Å². The molecule has 0 atom stereocenters. The Labute approximate surface area is 218 Å². The first-order chi connectivity index (χ1) is 15.6. The van der Waals surface area contributed by atoms with Crippen LogP contribution in [-0.4, -0.2) is 175 Å². The van der Waals surface area contributed by atoms with Crippen LogP contribution in [0.3, 0.4) is 0 Å². The van der Waals surface area contributed by atoms with Gasteiger partial charge in [0, 0.05) is 6.30 Å². The number of rotatable bonds is 12. The molecule has 0 aliphatic carbocycles. The van der Waals surface area contributed by atoms with Crippen LogP contribution in [0.2, 0.25) is 0 Å². The van der Waals surface area contributed by atoms with E-state index in [4.69, 9.17) is 19.8 Å². The van der Waals surface area contributed by atoms with Crippen molar-refractivity contribution < 1.29 is 0 Å². The molecule has 0 spiro atoms. The summed E-state index contributed by atoms with van der Waals surface area (Å²) in [6.07, 6.45) is 7.45. The van der Waals surface area contributed by atoms with Crippen molar-refractivity contribution >= 4 is 36.2 Å². The van der Waals surface area contributed by atoms with Crippen LogP contribution in [0.15, 0.2) is 13.5 Å². The summed E-state index contributed by atoms with van der Waals surface area (Å²) in [6.45, 7) is 0. The second-order valence-corrected chi connectivity index (χ2v) is 23.9. The predicted octanol–water partition coefficient (Wildman–Crippen LogP) is 3.95. The molecule has 0 aliphatic heterocycles. The maximum absolute atomic E-state index is 7.45. The minimum atomic E-state index is -3.17. The van der Waals surface area contributed by atoms with Crippen molar-refractivity contribution in [2.24, 2.45) is 13.5 Å². The summed E-state index contributed by atoms with van der Waals surface area (Å²) in [5.74, 6) is 0. The van der Waals surface area contributed by atoms with Gasteiger partial charge in [0.05, 0.1) is 0 Å². The molecule has 0 heterocycles. The summed E-state index contributed by atoms with van der Waals surface area (Å²) in [7, 11) is 26.6. The van der Waals surface area contributed by atoms with Crippen molar-refractivity contribution in [2.45, 2.75) is 0 Å². The Bertz CT molecular complexity index is 704. The molecule has 0 aromatic rings. The highest BCUT2D eigenvalue weighted by Gasteiger charge is 2.39. The second kappa shape index (κ2) is 13.1. The van der Waals surface area contributed by atoms with Crippen molar-refractivity contribution in [1.82, 2.24) is 42.0 Å². The Morgan fingerprint density at radius 3 is 0.514 bits per heavy atom. The lowest BCUT2D eigenvalue weighted by Crippen LogP contribution is -2.32. The van der Waals surface area contributed by atoms with Gasteiger partial charge >= 0.3 is 0 Å². The fourth-order valence-electron chi connectivity index (χ4n) is 4.52. The third kappa shape index (κ3) is 6.99. The van der Waals surface area contributed by atoms with E-state index in [2.05, 4.69) is 169 Å². The van der Waals surface area contributed by atoms with Crippen molar-refractivity contribution in [1.29, 1.82) is 0 Å². The standard InChI is InChI=1S/C19H55N12P4/c1-23(2)33(24(3)4,25(5)6)20-32(19,21-34(26(7)8,27(9)10)28(11)12)22-35(29(13)14,30(15)16)31(17)18/h19H,1-18H3. The number of hydrogen-bond donors (Lipinski definition) is 0. The molecule has 12 nitrogen and oxygen atoms in total. The van der Waals surface area contributed by atoms with Crippen molar-refractivity contribution in [2.75, 3.05) is 127 Å². The zero-order chi connectivity index (χ0) is 28.3. The van der Waals surface area contributed by atoms with Crippen molar-refractivity contribution in [3.8, 4) is 0 Å². The molecule has 0 rings (SSSR count). The van der Waals surface area contributed by atoms with E-state index in [0.717, 1.165) is 0 Å². The molecule has 0 bridgehead atoms. The largest absolute Gasteiger partial charge is 0.252 e. The molecular weight excluding hydrogens is 520 g/mol. The monoisotopic (exact) mass is 575 g/mol. The van der Waals surface area contributed by atoms with Crippen molar-refractivity contribution in [3.05, 3.63) is 0 Å². The molecule has 35 heavy (non-hydrogen) atoms.